The molecular formula is C22H23N5O3S. The van der Waals surface area contributed by atoms with Crippen LogP contribution in [0.15, 0.2) is 66.0 Å². The molecular weight excluding hydrogens is 414 g/mol. The number of amides is 1. The second kappa shape index (κ2) is 7.75. The number of carbonyl (C=O) groups is 1. The first-order valence-corrected chi connectivity index (χ1v) is 11.2. The van der Waals surface area contributed by atoms with Gasteiger partial charge in [-0.05, 0) is 61.4 Å². The molecule has 0 unspecified atom stereocenters. The summed E-state index contributed by atoms with van der Waals surface area (Å²) < 4.78 is 26.9. The average Bonchev–Trinajstić information content (AvgIpc) is 2.90. The van der Waals surface area contributed by atoms with Crippen molar-refractivity contribution in [3.63, 3.8) is 0 Å². The van der Waals surface area contributed by atoms with Crippen molar-refractivity contribution in [2.45, 2.75) is 30.8 Å². The van der Waals surface area contributed by atoms with E-state index >= 15 is 0 Å². The molecule has 0 bridgehead atoms. The lowest BCUT2D eigenvalue weighted by Crippen LogP contribution is -2.35. The number of nitrogens with zero attached hydrogens (tertiary/aromatic N) is 3. The van der Waals surface area contributed by atoms with E-state index in [2.05, 4.69) is 20.6 Å². The molecule has 0 aliphatic carbocycles. The van der Waals surface area contributed by atoms with Crippen molar-refractivity contribution in [1.29, 1.82) is 0 Å². The normalized spacial score (nSPS) is 16.5. The minimum Gasteiger partial charge on any atom is -0.365 e. The number of hydrogen-bond donors (Lipinski definition) is 2. The van der Waals surface area contributed by atoms with Crippen molar-refractivity contribution >= 4 is 27.4 Å². The molecule has 0 spiro atoms. The SMILES string of the molecule is CN1C(C)(C)c2ccc(NC(=O)c3cccnc3NCc3ccncc3)cc2S1(=O)=O. The van der Waals surface area contributed by atoms with Gasteiger partial charge in [0.05, 0.1) is 16.0 Å². The van der Waals surface area contributed by atoms with E-state index < -0.39 is 15.6 Å². The van der Waals surface area contributed by atoms with Crippen molar-refractivity contribution < 1.29 is 13.2 Å². The zero-order valence-corrected chi connectivity index (χ0v) is 18.3. The summed E-state index contributed by atoms with van der Waals surface area (Å²) in [4.78, 5) is 21.4. The maximum atomic E-state index is 12.9. The minimum absolute atomic E-state index is 0.208. The van der Waals surface area contributed by atoms with Crippen LogP contribution in [-0.4, -0.2) is 35.6 Å². The van der Waals surface area contributed by atoms with Gasteiger partial charge in [0, 0.05) is 37.9 Å². The lowest BCUT2D eigenvalue weighted by atomic mass is 9.94. The Balaban J connectivity index is 1.57. The van der Waals surface area contributed by atoms with Crippen LogP contribution >= 0.6 is 0 Å². The van der Waals surface area contributed by atoms with Crippen molar-refractivity contribution in [3.8, 4) is 0 Å². The largest absolute Gasteiger partial charge is 0.365 e. The Labute approximate surface area is 181 Å². The standard InChI is InChI=1S/C22H23N5O3S/c1-22(2)18-7-6-16(13-19(18)31(29,30)27(22)3)26-21(28)17-5-4-10-24-20(17)25-14-15-8-11-23-12-9-15/h4-13H,14H2,1-3H3,(H,24,25)(H,26,28). The highest BCUT2D eigenvalue weighted by atomic mass is 32.2. The quantitative estimate of drug-likeness (QED) is 0.635. The van der Waals surface area contributed by atoms with Crippen LogP contribution in [-0.2, 0) is 22.1 Å². The number of aromatic nitrogens is 2. The molecule has 31 heavy (non-hydrogen) atoms. The van der Waals surface area contributed by atoms with Crippen LogP contribution < -0.4 is 10.6 Å². The first-order valence-electron chi connectivity index (χ1n) is 9.74. The van der Waals surface area contributed by atoms with Gasteiger partial charge in [0.15, 0.2) is 0 Å². The van der Waals surface area contributed by atoms with Crippen molar-refractivity contribution in [2.24, 2.45) is 0 Å². The molecule has 1 aromatic carbocycles. The number of sulfonamides is 1. The molecule has 0 atom stereocenters. The van der Waals surface area contributed by atoms with Crippen molar-refractivity contribution in [3.05, 3.63) is 77.7 Å². The number of benzene rings is 1. The summed E-state index contributed by atoms with van der Waals surface area (Å²) in [5, 5.41) is 5.96. The lowest BCUT2D eigenvalue weighted by Gasteiger charge is -2.26. The second-order valence-electron chi connectivity index (χ2n) is 7.81. The van der Waals surface area contributed by atoms with Gasteiger partial charge < -0.3 is 10.6 Å². The molecule has 0 saturated carbocycles. The molecule has 8 nitrogen and oxygen atoms in total. The molecule has 160 valence electrons. The van der Waals surface area contributed by atoms with Crippen LogP contribution in [0.4, 0.5) is 11.5 Å². The monoisotopic (exact) mass is 437 g/mol. The smallest absolute Gasteiger partial charge is 0.259 e. The summed E-state index contributed by atoms with van der Waals surface area (Å²) in [5.74, 6) is 0.0553. The van der Waals surface area contributed by atoms with E-state index in [1.807, 2.05) is 26.0 Å². The Morgan fingerprint density at radius 2 is 1.84 bits per heavy atom. The highest BCUT2D eigenvalue weighted by molar-refractivity contribution is 7.89. The molecule has 3 heterocycles. The highest BCUT2D eigenvalue weighted by Gasteiger charge is 2.45. The highest BCUT2D eigenvalue weighted by Crippen LogP contribution is 2.43. The third-order valence-electron chi connectivity index (χ3n) is 5.59. The number of carbonyl (C=O) groups excluding carboxylic acids is 1. The molecule has 1 aliphatic heterocycles. The number of fused-ring (bicyclic) bond motifs is 1. The van der Waals surface area contributed by atoms with Gasteiger partial charge in [0.1, 0.15) is 5.82 Å². The van der Waals surface area contributed by atoms with E-state index in [-0.39, 0.29) is 10.8 Å². The number of anilines is 2. The summed E-state index contributed by atoms with van der Waals surface area (Å²) in [5.41, 5.74) is 1.82. The Morgan fingerprint density at radius 1 is 1.10 bits per heavy atom. The molecule has 3 aromatic rings. The van der Waals surface area contributed by atoms with Gasteiger partial charge in [-0.25, -0.2) is 13.4 Å². The Bertz CT molecular complexity index is 1240. The van der Waals surface area contributed by atoms with Crippen molar-refractivity contribution in [1.82, 2.24) is 14.3 Å². The van der Waals surface area contributed by atoms with Gasteiger partial charge in [0.2, 0.25) is 10.0 Å². The fourth-order valence-corrected chi connectivity index (χ4v) is 5.42. The molecule has 0 fully saturated rings. The predicted octanol–water partition coefficient (Wildman–Crippen LogP) is 3.21. The number of nitrogens with one attached hydrogen (secondary N) is 2. The average molecular weight is 438 g/mol. The maximum Gasteiger partial charge on any atom is 0.259 e. The van der Waals surface area contributed by atoms with Crippen LogP contribution in [0.25, 0.3) is 0 Å². The van der Waals surface area contributed by atoms with Crippen LogP contribution in [0.1, 0.15) is 35.3 Å². The maximum absolute atomic E-state index is 12.9. The summed E-state index contributed by atoms with van der Waals surface area (Å²) in [6, 6.07) is 12.1. The van der Waals surface area contributed by atoms with Gasteiger partial charge in [0.25, 0.3) is 5.91 Å². The van der Waals surface area contributed by atoms with Crippen LogP contribution in [0, 0.1) is 0 Å². The topological polar surface area (TPSA) is 104 Å². The Morgan fingerprint density at radius 3 is 2.58 bits per heavy atom. The first kappa shape index (κ1) is 21.0. The second-order valence-corrected chi connectivity index (χ2v) is 9.74. The Kier molecular flexibility index (Phi) is 5.24. The van der Waals surface area contributed by atoms with E-state index in [4.69, 9.17) is 0 Å². The summed E-state index contributed by atoms with van der Waals surface area (Å²) in [6.45, 7) is 4.19. The summed E-state index contributed by atoms with van der Waals surface area (Å²) in [7, 11) is -2.05. The van der Waals surface area contributed by atoms with Gasteiger partial charge in [-0.15, -0.1) is 0 Å². The summed E-state index contributed by atoms with van der Waals surface area (Å²) >= 11 is 0. The number of rotatable bonds is 5. The van der Waals surface area contributed by atoms with Gasteiger partial charge >= 0.3 is 0 Å². The first-order chi connectivity index (χ1) is 14.7. The number of hydrogen-bond acceptors (Lipinski definition) is 6. The van der Waals surface area contributed by atoms with Gasteiger partial charge in [-0.2, -0.15) is 4.31 Å². The molecule has 2 N–H and O–H groups in total. The van der Waals surface area contributed by atoms with E-state index in [1.165, 1.54) is 10.4 Å². The molecule has 0 saturated heterocycles. The molecule has 4 rings (SSSR count). The van der Waals surface area contributed by atoms with Gasteiger partial charge in [-0.1, -0.05) is 6.07 Å². The molecule has 1 amide bonds. The Hall–Kier alpha value is -3.30. The zero-order valence-electron chi connectivity index (χ0n) is 17.5. The van der Waals surface area contributed by atoms with E-state index in [9.17, 15) is 13.2 Å². The minimum atomic E-state index is -3.61. The van der Waals surface area contributed by atoms with Crippen LogP contribution in [0.2, 0.25) is 0 Å². The lowest BCUT2D eigenvalue weighted by molar-refractivity contribution is 0.102. The van der Waals surface area contributed by atoms with Crippen LogP contribution in [0.3, 0.4) is 0 Å². The van der Waals surface area contributed by atoms with Crippen molar-refractivity contribution in [2.75, 3.05) is 17.7 Å². The third kappa shape index (κ3) is 3.77. The van der Waals surface area contributed by atoms with Crippen LogP contribution in [0.5, 0.6) is 0 Å². The molecule has 1 aliphatic rings. The zero-order chi connectivity index (χ0) is 22.2. The van der Waals surface area contributed by atoms with E-state index in [1.54, 1.807) is 49.9 Å². The summed E-state index contributed by atoms with van der Waals surface area (Å²) in [6.07, 6.45) is 5.00. The fourth-order valence-electron chi connectivity index (χ4n) is 3.55. The van der Waals surface area contributed by atoms with E-state index in [0.717, 1.165) is 5.56 Å². The molecule has 2 aromatic heterocycles. The molecule has 9 heteroatoms. The van der Waals surface area contributed by atoms with E-state index in [0.29, 0.717) is 29.2 Å². The predicted molar refractivity (Wildman–Crippen MR) is 118 cm³/mol. The molecule has 0 radical (unpaired) electrons. The number of pyridine rings is 2. The fraction of sp³-hybridized carbons (Fsp3) is 0.227. The van der Waals surface area contributed by atoms with Gasteiger partial charge in [-0.3, -0.25) is 9.78 Å². The third-order valence-corrected chi connectivity index (χ3v) is 7.66.